The number of aromatic nitrogens is 1. The maximum atomic E-state index is 12.8. The van der Waals surface area contributed by atoms with E-state index in [0.29, 0.717) is 17.3 Å². The zero-order valence-electron chi connectivity index (χ0n) is 8.45. The van der Waals surface area contributed by atoms with Gasteiger partial charge in [0, 0.05) is 18.9 Å². The maximum absolute atomic E-state index is 12.8. The summed E-state index contributed by atoms with van der Waals surface area (Å²) in [6, 6.07) is 8.10. The van der Waals surface area contributed by atoms with Crippen LogP contribution in [0.5, 0.6) is 0 Å². The van der Waals surface area contributed by atoms with Gasteiger partial charge in [0.25, 0.3) is 0 Å². The minimum Gasteiger partial charge on any atom is -0.380 e. The van der Waals surface area contributed by atoms with E-state index >= 15 is 0 Å². The fourth-order valence-electron chi connectivity index (χ4n) is 1.33. The number of anilines is 1. The first kappa shape index (κ1) is 10.9. The van der Waals surface area contributed by atoms with Crippen molar-refractivity contribution in [2.75, 3.05) is 5.32 Å². The van der Waals surface area contributed by atoms with E-state index in [1.165, 1.54) is 12.1 Å². The lowest BCUT2D eigenvalue weighted by Crippen LogP contribution is -2.00. The molecule has 1 aromatic carbocycles. The van der Waals surface area contributed by atoms with Crippen LogP contribution in [0.15, 0.2) is 42.7 Å². The van der Waals surface area contributed by atoms with Crippen LogP contribution in [0.4, 0.5) is 10.1 Å². The van der Waals surface area contributed by atoms with Crippen LogP contribution < -0.4 is 5.32 Å². The third kappa shape index (κ3) is 2.70. The fraction of sp³-hybridized carbons (Fsp3) is 0.0833. The van der Waals surface area contributed by atoms with Gasteiger partial charge in [0.2, 0.25) is 0 Å². The summed E-state index contributed by atoms with van der Waals surface area (Å²) in [5, 5.41) is 3.50. The molecule has 1 heterocycles. The lowest BCUT2D eigenvalue weighted by Gasteiger charge is -2.07. The quantitative estimate of drug-likeness (QED) is 0.883. The first-order valence-electron chi connectivity index (χ1n) is 4.83. The van der Waals surface area contributed by atoms with Crippen molar-refractivity contribution in [1.82, 2.24) is 4.98 Å². The van der Waals surface area contributed by atoms with E-state index in [1.54, 1.807) is 18.5 Å². The Hall–Kier alpha value is -1.61. The highest BCUT2D eigenvalue weighted by Gasteiger charge is 2.01. The minimum absolute atomic E-state index is 0.336. The molecule has 1 aromatic heterocycles. The molecule has 82 valence electrons. The van der Waals surface area contributed by atoms with Gasteiger partial charge in [0.15, 0.2) is 0 Å². The third-order valence-electron chi connectivity index (χ3n) is 2.14. The first-order chi connectivity index (χ1) is 7.75. The third-order valence-corrected chi connectivity index (χ3v) is 2.45. The molecule has 0 saturated heterocycles. The molecule has 0 spiro atoms. The zero-order valence-corrected chi connectivity index (χ0v) is 9.21. The van der Waals surface area contributed by atoms with E-state index in [2.05, 4.69) is 10.3 Å². The average molecular weight is 237 g/mol. The van der Waals surface area contributed by atoms with Crippen molar-refractivity contribution in [3.8, 4) is 0 Å². The number of nitrogens with zero attached hydrogens (tertiary/aromatic N) is 1. The highest BCUT2D eigenvalue weighted by molar-refractivity contribution is 6.33. The standard InChI is InChI=1S/C12H10ClFN2/c13-11-6-10(14)3-4-12(11)16-8-9-2-1-5-15-7-9/h1-7,16H,8H2. The van der Waals surface area contributed by atoms with Crippen LogP contribution >= 0.6 is 11.6 Å². The van der Waals surface area contributed by atoms with Crippen molar-refractivity contribution < 1.29 is 4.39 Å². The summed E-state index contributed by atoms with van der Waals surface area (Å²) in [6.45, 7) is 0.610. The summed E-state index contributed by atoms with van der Waals surface area (Å²) in [5.41, 5.74) is 1.76. The van der Waals surface area contributed by atoms with Crippen LogP contribution in [0, 0.1) is 5.82 Å². The Labute approximate surface area is 98.1 Å². The molecule has 0 atom stereocenters. The van der Waals surface area contributed by atoms with Crippen molar-refractivity contribution >= 4 is 17.3 Å². The average Bonchev–Trinajstić information content (AvgIpc) is 2.29. The van der Waals surface area contributed by atoms with Crippen molar-refractivity contribution in [3.05, 3.63) is 59.1 Å². The van der Waals surface area contributed by atoms with Crippen LogP contribution in [0.2, 0.25) is 5.02 Å². The summed E-state index contributed by atoms with van der Waals surface area (Å²) in [6.07, 6.45) is 3.48. The highest BCUT2D eigenvalue weighted by Crippen LogP contribution is 2.22. The Morgan fingerprint density at radius 2 is 2.19 bits per heavy atom. The second kappa shape index (κ2) is 4.94. The van der Waals surface area contributed by atoms with Gasteiger partial charge in [-0.05, 0) is 29.8 Å². The molecule has 0 bridgehead atoms. The van der Waals surface area contributed by atoms with Crippen molar-refractivity contribution in [2.24, 2.45) is 0 Å². The smallest absolute Gasteiger partial charge is 0.124 e. The molecule has 0 fully saturated rings. The van der Waals surface area contributed by atoms with Crippen LogP contribution in [0.1, 0.15) is 5.56 Å². The molecule has 0 aliphatic heterocycles. The Bertz CT molecular complexity index is 474. The number of halogens is 2. The van der Waals surface area contributed by atoms with Gasteiger partial charge in [0.05, 0.1) is 10.7 Å². The molecule has 2 nitrogen and oxygen atoms in total. The lowest BCUT2D eigenvalue weighted by molar-refractivity contribution is 0.628. The molecule has 0 saturated carbocycles. The van der Waals surface area contributed by atoms with E-state index in [0.717, 1.165) is 5.56 Å². The number of benzene rings is 1. The topological polar surface area (TPSA) is 24.9 Å². The molecule has 0 radical (unpaired) electrons. The molecule has 0 amide bonds. The summed E-state index contributed by atoms with van der Waals surface area (Å²) in [5.74, 6) is -0.336. The maximum Gasteiger partial charge on any atom is 0.124 e. The van der Waals surface area contributed by atoms with Crippen molar-refractivity contribution in [1.29, 1.82) is 0 Å². The van der Waals surface area contributed by atoms with Gasteiger partial charge in [-0.1, -0.05) is 17.7 Å². The Balaban J connectivity index is 2.05. The Morgan fingerprint density at radius 1 is 1.31 bits per heavy atom. The van der Waals surface area contributed by atoms with Gasteiger partial charge in [-0.15, -0.1) is 0 Å². The predicted octanol–water partition coefficient (Wildman–Crippen LogP) is 3.49. The van der Waals surface area contributed by atoms with Crippen LogP contribution in [-0.2, 0) is 6.54 Å². The van der Waals surface area contributed by atoms with Gasteiger partial charge in [0.1, 0.15) is 5.82 Å². The molecule has 1 N–H and O–H groups in total. The normalized spacial score (nSPS) is 10.1. The minimum atomic E-state index is -0.336. The number of rotatable bonds is 3. The summed E-state index contributed by atoms with van der Waals surface area (Å²) >= 11 is 5.88. The largest absolute Gasteiger partial charge is 0.380 e. The second-order valence-electron chi connectivity index (χ2n) is 3.34. The fourth-order valence-corrected chi connectivity index (χ4v) is 1.57. The number of pyridine rings is 1. The molecule has 0 aliphatic rings. The molecule has 0 aliphatic carbocycles. The van der Waals surface area contributed by atoms with Gasteiger partial charge in [-0.3, -0.25) is 4.98 Å². The second-order valence-corrected chi connectivity index (χ2v) is 3.75. The van der Waals surface area contributed by atoms with Gasteiger partial charge >= 0.3 is 0 Å². The monoisotopic (exact) mass is 236 g/mol. The van der Waals surface area contributed by atoms with Gasteiger partial charge in [-0.25, -0.2) is 4.39 Å². The van der Waals surface area contributed by atoms with E-state index < -0.39 is 0 Å². The SMILES string of the molecule is Fc1ccc(NCc2cccnc2)c(Cl)c1. The van der Waals surface area contributed by atoms with Crippen LogP contribution in [-0.4, -0.2) is 4.98 Å². The molecular weight excluding hydrogens is 227 g/mol. The molecule has 2 aromatic rings. The van der Waals surface area contributed by atoms with Crippen molar-refractivity contribution in [3.63, 3.8) is 0 Å². The van der Waals surface area contributed by atoms with Gasteiger partial charge in [-0.2, -0.15) is 0 Å². The van der Waals surface area contributed by atoms with Crippen LogP contribution in [0.3, 0.4) is 0 Å². The van der Waals surface area contributed by atoms with Gasteiger partial charge < -0.3 is 5.32 Å². The zero-order chi connectivity index (χ0) is 11.4. The summed E-state index contributed by atoms with van der Waals surface area (Å²) in [7, 11) is 0. The van der Waals surface area contributed by atoms with Crippen molar-refractivity contribution in [2.45, 2.75) is 6.54 Å². The first-order valence-corrected chi connectivity index (χ1v) is 5.21. The number of nitrogens with one attached hydrogen (secondary N) is 1. The highest BCUT2D eigenvalue weighted by atomic mass is 35.5. The van der Waals surface area contributed by atoms with Crippen LogP contribution in [0.25, 0.3) is 0 Å². The van der Waals surface area contributed by atoms with E-state index in [9.17, 15) is 4.39 Å². The molecule has 0 unspecified atom stereocenters. The summed E-state index contributed by atoms with van der Waals surface area (Å²) < 4.78 is 12.8. The Morgan fingerprint density at radius 3 is 2.88 bits per heavy atom. The molecule has 16 heavy (non-hydrogen) atoms. The Kier molecular flexibility index (Phi) is 3.37. The molecule has 2 rings (SSSR count). The molecule has 4 heteroatoms. The number of hydrogen-bond acceptors (Lipinski definition) is 2. The van der Waals surface area contributed by atoms with E-state index in [4.69, 9.17) is 11.6 Å². The predicted molar refractivity (Wildman–Crippen MR) is 63.0 cm³/mol. The molecular formula is C12H10ClFN2. The summed E-state index contributed by atoms with van der Waals surface area (Å²) in [4.78, 5) is 4.00. The van der Waals surface area contributed by atoms with E-state index in [1.807, 2.05) is 12.1 Å². The lowest BCUT2D eigenvalue weighted by atomic mass is 10.2. The van der Waals surface area contributed by atoms with E-state index in [-0.39, 0.29) is 5.82 Å². The number of hydrogen-bond donors (Lipinski definition) is 1.